The molecule has 0 spiro atoms. The third-order valence-electron chi connectivity index (χ3n) is 3.70. The molecule has 6 heteroatoms. The first kappa shape index (κ1) is 18.5. The van der Waals surface area contributed by atoms with Crippen molar-refractivity contribution in [2.45, 2.75) is 13.5 Å². The summed E-state index contributed by atoms with van der Waals surface area (Å²) in [7, 11) is 0. The molecule has 136 valence electrons. The SMILES string of the molecule is Cc1cccc(NC(=S)NC(=O)c2cccc(OCc3ccccc3)c2)n1. The number of benzene rings is 2. The highest BCUT2D eigenvalue weighted by Gasteiger charge is 2.09. The second-order valence-electron chi connectivity index (χ2n) is 5.87. The van der Waals surface area contributed by atoms with E-state index in [-0.39, 0.29) is 11.0 Å². The number of nitrogens with zero attached hydrogens (tertiary/aromatic N) is 1. The first-order valence-electron chi connectivity index (χ1n) is 8.43. The zero-order valence-corrected chi connectivity index (χ0v) is 15.6. The molecule has 0 saturated carbocycles. The van der Waals surface area contributed by atoms with E-state index >= 15 is 0 Å². The molecule has 0 saturated heterocycles. The fraction of sp³-hybridized carbons (Fsp3) is 0.0952. The lowest BCUT2D eigenvalue weighted by Crippen LogP contribution is -2.34. The molecule has 1 heterocycles. The number of amides is 1. The van der Waals surface area contributed by atoms with E-state index < -0.39 is 0 Å². The first-order valence-corrected chi connectivity index (χ1v) is 8.84. The molecule has 0 unspecified atom stereocenters. The second kappa shape index (κ2) is 8.91. The minimum Gasteiger partial charge on any atom is -0.489 e. The molecule has 0 aliphatic heterocycles. The minimum atomic E-state index is -0.315. The number of pyridine rings is 1. The Morgan fingerprint density at radius 1 is 1.04 bits per heavy atom. The molecule has 27 heavy (non-hydrogen) atoms. The number of ether oxygens (including phenoxy) is 1. The molecular formula is C21H19N3O2S. The summed E-state index contributed by atoms with van der Waals surface area (Å²) in [5.74, 6) is 0.885. The van der Waals surface area contributed by atoms with Crippen LogP contribution in [-0.4, -0.2) is 16.0 Å². The Bertz CT molecular complexity index is 945. The van der Waals surface area contributed by atoms with Crippen LogP contribution < -0.4 is 15.4 Å². The molecule has 3 rings (SSSR count). The lowest BCUT2D eigenvalue weighted by atomic mass is 10.2. The van der Waals surface area contributed by atoms with E-state index in [9.17, 15) is 4.79 Å². The molecule has 0 bridgehead atoms. The largest absolute Gasteiger partial charge is 0.489 e. The molecule has 1 amide bonds. The summed E-state index contributed by atoms with van der Waals surface area (Å²) >= 11 is 5.19. The van der Waals surface area contributed by atoms with E-state index in [1.165, 1.54) is 0 Å². The Labute approximate surface area is 163 Å². The van der Waals surface area contributed by atoms with Crippen molar-refractivity contribution in [3.8, 4) is 5.75 Å². The number of carbonyl (C=O) groups excluding carboxylic acids is 1. The average molecular weight is 377 g/mol. The molecule has 0 aliphatic carbocycles. The summed E-state index contributed by atoms with van der Waals surface area (Å²) < 4.78 is 5.76. The molecule has 0 atom stereocenters. The average Bonchev–Trinajstić information content (AvgIpc) is 2.67. The number of hydrogen-bond donors (Lipinski definition) is 2. The van der Waals surface area contributed by atoms with Crippen LogP contribution in [0, 0.1) is 6.92 Å². The van der Waals surface area contributed by atoms with E-state index in [2.05, 4.69) is 15.6 Å². The Morgan fingerprint density at radius 3 is 2.59 bits per heavy atom. The van der Waals surface area contributed by atoms with Crippen molar-refractivity contribution >= 4 is 29.1 Å². The quantitative estimate of drug-likeness (QED) is 0.656. The van der Waals surface area contributed by atoms with Crippen molar-refractivity contribution < 1.29 is 9.53 Å². The van der Waals surface area contributed by atoms with E-state index in [1.807, 2.05) is 55.5 Å². The maximum Gasteiger partial charge on any atom is 0.257 e. The van der Waals surface area contributed by atoms with E-state index in [1.54, 1.807) is 24.3 Å². The predicted octanol–water partition coefficient (Wildman–Crippen LogP) is 4.10. The van der Waals surface area contributed by atoms with Crippen molar-refractivity contribution in [3.05, 3.63) is 89.6 Å². The van der Waals surface area contributed by atoms with Gasteiger partial charge in [-0.05, 0) is 55.0 Å². The highest BCUT2D eigenvalue weighted by molar-refractivity contribution is 7.80. The van der Waals surface area contributed by atoms with Gasteiger partial charge in [0.15, 0.2) is 5.11 Å². The van der Waals surface area contributed by atoms with Crippen LogP contribution in [0.1, 0.15) is 21.6 Å². The van der Waals surface area contributed by atoms with E-state index in [4.69, 9.17) is 17.0 Å². The maximum absolute atomic E-state index is 12.4. The molecule has 1 aromatic heterocycles. The number of aryl methyl sites for hydroxylation is 1. The number of aromatic nitrogens is 1. The standard InChI is InChI=1S/C21H19N3O2S/c1-15-7-5-12-19(22-15)23-21(27)24-20(25)17-10-6-11-18(13-17)26-14-16-8-3-2-4-9-16/h2-13H,14H2,1H3,(H2,22,23,24,25,27). The molecule has 2 N–H and O–H groups in total. The van der Waals surface area contributed by atoms with Gasteiger partial charge in [0.25, 0.3) is 5.91 Å². The Balaban J connectivity index is 1.58. The summed E-state index contributed by atoms with van der Waals surface area (Å²) in [6, 6.07) is 22.3. The summed E-state index contributed by atoms with van der Waals surface area (Å²) in [4.78, 5) is 16.7. The normalized spacial score (nSPS) is 10.1. The smallest absolute Gasteiger partial charge is 0.257 e. The number of nitrogens with one attached hydrogen (secondary N) is 2. The van der Waals surface area contributed by atoms with Crippen LogP contribution in [0.5, 0.6) is 5.75 Å². The van der Waals surface area contributed by atoms with Gasteiger partial charge < -0.3 is 10.1 Å². The number of carbonyl (C=O) groups is 1. The van der Waals surface area contributed by atoms with Gasteiger partial charge in [-0.1, -0.05) is 42.5 Å². The second-order valence-corrected chi connectivity index (χ2v) is 6.28. The molecule has 5 nitrogen and oxygen atoms in total. The summed E-state index contributed by atoms with van der Waals surface area (Å²) in [6.07, 6.45) is 0. The van der Waals surface area contributed by atoms with Gasteiger partial charge in [0.1, 0.15) is 18.2 Å². The number of rotatable bonds is 5. The van der Waals surface area contributed by atoms with E-state index in [0.717, 1.165) is 11.3 Å². The molecule has 2 aromatic carbocycles. The van der Waals surface area contributed by atoms with Crippen LogP contribution in [0.3, 0.4) is 0 Å². The Hall–Kier alpha value is -3.25. The molecular weight excluding hydrogens is 358 g/mol. The highest BCUT2D eigenvalue weighted by atomic mass is 32.1. The van der Waals surface area contributed by atoms with Gasteiger partial charge >= 0.3 is 0 Å². The fourth-order valence-electron chi connectivity index (χ4n) is 2.40. The molecule has 0 aliphatic rings. The van der Waals surface area contributed by atoms with Crippen LogP contribution >= 0.6 is 12.2 Å². The lowest BCUT2D eigenvalue weighted by molar-refractivity contribution is 0.0977. The van der Waals surface area contributed by atoms with Crippen molar-refractivity contribution in [1.29, 1.82) is 0 Å². The molecule has 3 aromatic rings. The van der Waals surface area contributed by atoms with Crippen LogP contribution in [0.2, 0.25) is 0 Å². The van der Waals surface area contributed by atoms with Crippen LogP contribution in [-0.2, 0) is 6.61 Å². The fourth-order valence-corrected chi connectivity index (χ4v) is 2.60. The molecule has 0 radical (unpaired) electrons. The predicted molar refractivity (Wildman–Crippen MR) is 110 cm³/mol. The minimum absolute atomic E-state index is 0.189. The van der Waals surface area contributed by atoms with Gasteiger partial charge in [-0.2, -0.15) is 0 Å². The van der Waals surface area contributed by atoms with Crippen molar-refractivity contribution in [3.63, 3.8) is 0 Å². The number of thiocarbonyl (C=S) groups is 1. The zero-order valence-electron chi connectivity index (χ0n) is 14.8. The third kappa shape index (κ3) is 5.62. The molecule has 0 fully saturated rings. The van der Waals surface area contributed by atoms with Gasteiger partial charge in [0, 0.05) is 11.3 Å². The first-order chi connectivity index (χ1) is 13.1. The number of anilines is 1. The summed E-state index contributed by atoms with van der Waals surface area (Å²) in [5, 5.41) is 5.74. The van der Waals surface area contributed by atoms with Gasteiger partial charge in [-0.15, -0.1) is 0 Å². The Morgan fingerprint density at radius 2 is 1.81 bits per heavy atom. The van der Waals surface area contributed by atoms with Crippen molar-refractivity contribution in [2.24, 2.45) is 0 Å². The van der Waals surface area contributed by atoms with Crippen molar-refractivity contribution in [2.75, 3.05) is 5.32 Å². The van der Waals surface area contributed by atoms with Gasteiger partial charge in [0.05, 0.1) is 0 Å². The lowest BCUT2D eigenvalue weighted by Gasteiger charge is -2.11. The monoisotopic (exact) mass is 377 g/mol. The highest BCUT2D eigenvalue weighted by Crippen LogP contribution is 2.15. The van der Waals surface area contributed by atoms with E-state index in [0.29, 0.717) is 23.7 Å². The van der Waals surface area contributed by atoms with Crippen LogP contribution in [0.4, 0.5) is 5.82 Å². The van der Waals surface area contributed by atoms with Crippen LogP contribution in [0.25, 0.3) is 0 Å². The van der Waals surface area contributed by atoms with Gasteiger partial charge in [0.2, 0.25) is 0 Å². The zero-order chi connectivity index (χ0) is 19.1. The van der Waals surface area contributed by atoms with Crippen molar-refractivity contribution in [1.82, 2.24) is 10.3 Å². The summed E-state index contributed by atoms with van der Waals surface area (Å²) in [6.45, 7) is 2.32. The third-order valence-corrected chi connectivity index (χ3v) is 3.91. The Kier molecular flexibility index (Phi) is 6.12. The maximum atomic E-state index is 12.4. The van der Waals surface area contributed by atoms with Gasteiger partial charge in [-0.3, -0.25) is 10.1 Å². The summed E-state index contributed by atoms with van der Waals surface area (Å²) in [5.41, 5.74) is 2.38. The van der Waals surface area contributed by atoms with Gasteiger partial charge in [-0.25, -0.2) is 4.98 Å². The topological polar surface area (TPSA) is 63.2 Å². The van der Waals surface area contributed by atoms with Crippen LogP contribution in [0.15, 0.2) is 72.8 Å². The number of hydrogen-bond acceptors (Lipinski definition) is 4.